The van der Waals surface area contributed by atoms with E-state index in [9.17, 15) is 4.79 Å². The van der Waals surface area contributed by atoms with Crippen molar-refractivity contribution in [3.05, 3.63) is 42.5 Å². The zero-order chi connectivity index (χ0) is 16.4. The Morgan fingerprint density at radius 2 is 1.75 bits per heavy atom. The van der Waals surface area contributed by atoms with Crippen molar-refractivity contribution in [1.82, 2.24) is 4.90 Å². The van der Waals surface area contributed by atoms with Gasteiger partial charge in [-0.3, -0.25) is 4.79 Å². The predicted octanol–water partition coefficient (Wildman–Crippen LogP) is 2.62. The monoisotopic (exact) mass is 326 g/mol. The molecule has 2 saturated heterocycles. The summed E-state index contributed by atoms with van der Waals surface area (Å²) in [7, 11) is 0. The molecule has 5 nitrogen and oxygen atoms in total. The van der Waals surface area contributed by atoms with Crippen LogP contribution >= 0.6 is 0 Å². The molecule has 1 N–H and O–H groups in total. The lowest BCUT2D eigenvalue weighted by atomic mass is 10.0. The summed E-state index contributed by atoms with van der Waals surface area (Å²) < 4.78 is 11.4. The minimum absolute atomic E-state index is 0.121. The molecule has 0 unspecified atom stereocenters. The molecule has 5 heteroatoms. The van der Waals surface area contributed by atoms with E-state index in [-0.39, 0.29) is 5.91 Å². The number of hydrogen-bond donors (Lipinski definition) is 1. The molecule has 0 bridgehead atoms. The summed E-state index contributed by atoms with van der Waals surface area (Å²) in [6, 6.07) is 14.3. The number of carbonyl (C=O) groups is 1. The van der Waals surface area contributed by atoms with E-state index in [1.807, 2.05) is 29.2 Å². The highest BCUT2D eigenvalue weighted by atomic mass is 16.7. The zero-order valence-electron chi connectivity index (χ0n) is 13.7. The number of nitrogens with one attached hydrogen (secondary N) is 1. The van der Waals surface area contributed by atoms with Crippen LogP contribution in [0.2, 0.25) is 0 Å². The van der Waals surface area contributed by atoms with Crippen LogP contribution in [0.3, 0.4) is 0 Å². The van der Waals surface area contributed by atoms with Crippen LogP contribution in [0.4, 0.5) is 5.69 Å². The summed E-state index contributed by atoms with van der Waals surface area (Å²) in [5.41, 5.74) is 0.998. The van der Waals surface area contributed by atoms with Crippen molar-refractivity contribution in [2.75, 3.05) is 38.2 Å². The molecule has 1 spiro atoms. The van der Waals surface area contributed by atoms with Crippen LogP contribution in [-0.4, -0.2) is 49.4 Å². The number of rotatable bonds is 3. The van der Waals surface area contributed by atoms with Crippen molar-refractivity contribution in [2.45, 2.75) is 18.6 Å². The van der Waals surface area contributed by atoms with Gasteiger partial charge in [-0.2, -0.15) is 0 Å². The van der Waals surface area contributed by atoms with Gasteiger partial charge in [0.15, 0.2) is 5.79 Å². The number of anilines is 1. The Kier molecular flexibility index (Phi) is 4.12. The van der Waals surface area contributed by atoms with Crippen molar-refractivity contribution in [3.8, 4) is 0 Å². The maximum atomic E-state index is 12.5. The Labute approximate surface area is 141 Å². The van der Waals surface area contributed by atoms with Crippen LogP contribution in [0.5, 0.6) is 0 Å². The lowest BCUT2D eigenvalue weighted by molar-refractivity contribution is -0.187. The first-order chi connectivity index (χ1) is 11.8. The van der Waals surface area contributed by atoms with Gasteiger partial charge >= 0.3 is 0 Å². The van der Waals surface area contributed by atoms with E-state index in [1.165, 1.54) is 5.39 Å². The van der Waals surface area contributed by atoms with Gasteiger partial charge in [-0.15, -0.1) is 0 Å². The van der Waals surface area contributed by atoms with Gasteiger partial charge in [-0.25, -0.2) is 0 Å². The van der Waals surface area contributed by atoms with E-state index in [4.69, 9.17) is 9.47 Å². The molecule has 1 amide bonds. The Morgan fingerprint density at radius 3 is 2.54 bits per heavy atom. The SMILES string of the molecule is O=C(CNc1cccc2ccccc12)N1CCC2(CC1)OCCO2. The van der Waals surface area contributed by atoms with E-state index in [0.29, 0.717) is 32.8 Å². The first-order valence-corrected chi connectivity index (χ1v) is 8.53. The Balaban J connectivity index is 1.36. The highest BCUT2D eigenvalue weighted by molar-refractivity contribution is 5.95. The molecule has 24 heavy (non-hydrogen) atoms. The second-order valence-corrected chi connectivity index (χ2v) is 6.37. The fraction of sp³-hybridized carbons (Fsp3) is 0.421. The van der Waals surface area contributed by atoms with Crippen molar-refractivity contribution >= 4 is 22.4 Å². The van der Waals surface area contributed by atoms with E-state index < -0.39 is 5.79 Å². The standard InChI is InChI=1S/C19H22N2O3/c22-18(21-10-8-19(9-11-21)23-12-13-24-19)14-20-17-7-3-5-15-4-1-2-6-16(15)17/h1-7,20H,8-14H2. The maximum absolute atomic E-state index is 12.5. The summed E-state index contributed by atoms with van der Waals surface area (Å²) in [4.78, 5) is 14.4. The molecule has 0 atom stereocenters. The third-order valence-electron chi connectivity index (χ3n) is 4.91. The molecule has 0 radical (unpaired) electrons. The van der Waals surface area contributed by atoms with Crippen molar-refractivity contribution in [1.29, 1.82) is 0 Å². The third-order valence-corrected chi connectivity index (χ3v) is 4.91. The second-order valence-electron chi connectivity index (χ2n) is 6.37. The molecule has 2 heterocycles. The number of benzene rings is 2. The largest absolute Gasteiger partial charge is 0.376 e. The quantitative estimate of drug-likeness (QED) is 0.942. The number of carbonyl (C=O) groups excluding carboxylic acids is 1. The molecule has 2 aromatic carbocycles. The number of fused-ring (bicyclic) bond motifs is 1. The van der Waals surface area contributed by atoms with Crippen molar-refractivity contribution in [2.24, 2.45) is 0 Å². The number of amides is 1. The highest BCUT2D eigenvalue weighted by Crippen LogP contribution is 2.31. The van der Waals surface area contributed by atoms with Crippen molar-refractivity contribution < 1.29 is 14.3 Å². The summed E-state index contributed by atoms with van der Waals surface area (Å²) >= 11 is 0. The molecule has 0 aliphatic carbocycles. The van der Waals surface area contributed by atoms with Gasteiger partial charge in [0.25, 0.3) is 0 Å². The minimum Gasteiger partial charge on any atom is -0.376 e. The average Bonchev–Trinajstić information content (AvgIpc) is 3.08. The first kappa shape index (κ1) is 15.4. The van der Waals surface area contributed by atoms with Gasteiger partial charge in [-0.05, 0) is 11.5 Å². The van der Waals surface area contributed by atoms with Gasteiger partial charge in [0.1, 0.15) is 0 Å². The van der Waals surface area contributed by atoms with Crippen LogP contribution in [0, 0.1) is 0 Å². The number of ether oxygens (including phenoxy) is 2. The molecule has 0 aromatic heterocycles. The fourth-order valence-electron chi connectivity index (χ4n) is 3.54. The number of nitrogens with zero attached hydrogens (tertiary/aromatic N) is 1. The Hall–Kier alpha value is -2.11. The van der Waals surface area contributed by atoms with Crippen LogP contribution in [0.25, 0.3) is 10.8 Å². The molecular weight excluding hydrogens is 304 g/mol. The summed E-state index contributed by atoms with van der Waals surface area (Å²) in [5.74, 6) is -0.310. The van der Waals surface area contributed by atoms with Gasteiger partial charge in [0, 0.05) is 37.0 Å². The summed E-state index contributed by atoms with van der Waals surface area (Å²) in [6.07, 6.45) is 1.51. The molecule has 2 fully saturated rings. The second kappa shape index (κ2) is 6.42. The molecule has 2 aromatic rings. The van der Waals surface area contributed by atoms with Gasteiger partial charge < -0.3 is 19.7 Å². The number of piperidine rings is 1. The van der Waals surface area contributed by atoms with Gasteiger partial charge in [0.05, 0.1) is 19.8 Å². The lowest BCUT2D eigenvalue weighted by Crippen LogP contribution is -2.48. The van der Waals surface area contributed by atoms with E-state index in [2.05, 4.69) is 23.5 Å². The predicted molar refractivity (Wildman–Crippen MR) is 92.9 cm³/mol. The minimum atomic E-state index is -0.431. The Morgan fingerprint density at radius 1 is 1.04 bits per heavy atom. The van der Waals surface area contributed by atoms with E-state index in [0.717, 1.165) is 23.9 Å². The van der Waals surface area contributed by atoms with E-state index in [1.54, 1.807) is 0 Å². The maximum Gasteiger partial charge on any atom is 0.241 e. The third kappa shape index (κ3) is 2.97. The van der Waals surface area contributed by atoms with E-state index >= 15 is 0 Å². The average molecular weight is 326 g/mol. The number of likely N-dealkylation sites (tertiary alicyclic amines) is 1. The zero-order valence-corrected chi connectivity index (χ0v) is 13.7. The topological polar surface area (TPSA) is 50.8 Å². The first-order valence-electron chi connectivity index (χ1n) is 8.53. The summed E-state index contributed by atoms with van der Waals surface area (Å²) in [6.45, 7) is 3.02. The summed E-state index contributed by atoms with van der Waals surface area (Å²) in [5, 5.41) is 5.60. The van der Waals surface area contributed by atoms with Crippen molar-refractivity contribution in [3.63, 3.8) is 0 Å². The molecule has 4 rings (SSSR count). The van der Waals surface area contributed by atoms with Crippen LogP contribution in [-0.2, 0) is 14.3 Å². The van der Waals surface area contributed by atoms with Crippen LogP contribution in [0.15, 0.2) is 42.5 Å². The molecule has 0 saturated carbocycles. The molecule has 126 valence electrons. The Bertz CT molecular complexity index is 725. The van der Waals surface area contributed by atoms with Crippen LogP contribution in [0.1, 0.15) is 12.8 Å². The van der Waals surface area contributed by atoms with Crippen LogP contribution < -0.4 is 5.32 Å². The normalized spacial score (nSPS) is 19.8. The molecule has 2 aliphatic rings. The van der Waals surface area contributed by atoms with Gasteiger partial charge in [0.2, 0.25) is 5.91 Å². The van der Waals surface area contributed by atoms with Gasteiger partial charge in [-0.1, -0.05) is 36.4 Å². The number of hydrogen-bond acceptors (Lipinski definition) is 4. The highest BCUT2D eigenvalue weighted by Gasteiger charge is 2.40. The molecule has 2 aliphatic heterocycles. The molecular formula is C19H22N2O3. The smallest absolute Gasteiger partial charge is 0.241 e. The fourth-order valence-corrected chi connectivity index (χ4v) is 3.54. The lowest BCUT2D eigenvalue weighted by Gasteiger charge is -2.37.